The van der Waals surface area contributed by atoms with E-state index in [1.807, 2.05) is 19.2 Å². The van der Waals surface area contributed by atoms with Crippen LogP contribution in [0.15, 0.2) is 24.3 Å². The first-order chi connectivity index (χ1) is 12.0. The molecule has 0 saturated carbocycles. The van der Waals surface area contributed by atoms with Crippen molar-refractivity contribution in [3.8, 4) is 5.75 Å². The summed E-state index contributed by atoms with van der Waals surface area (Å²) in [5.74, 6) is 0.810. The molecule has 2 N–H and O–H groups in total. The number of likely N-dealkylation sites (tertiary alicyclic amines) is 1. The van der Waals surface area contributed by atoms with E-state index in [0.717, 1.165) is 31.4 Å². The molecule has 2 rings (SSSR count). The maximum absolute atomic E-state index is 12.5. The second-order valence-electron chi connectivity index (χ2n) is 6.59. The number of rotatable bonds is 7. The van der Waals surface area contributed by atoms with Gasteiger partial charge >= 0.3 is 6.03 Å². The van der Waals surface area contributed by atoms with Crippen LogP contribution in [0, 0.1) is 5.92 Å². The van der Waals surface area contributed by atoms with E-state index in [2.05, 4.69) is 19.1 Å². The number of carbonyl (C=O) groups is 2. The number of ether oxygens (including phenoxy) is 1. The summed E-state index contributed by atoms with van der Waals surface area (Å²) in [5, 5.41) is 0. The largest absolute Gasteiger partial charge is 0.494 e. The fourth-order valence-corrected chi connectivity index (χ4v) is 3.15. The zero-order chi connectivity index (χ0) is 18.2. The van der Waals surface area contributed by atoms with Crippen molar-refractivity contribution < 1.29 is 14.3 Å². The first-order valence-electron chi connectivity index (χ1n) is 9.02. The zero-order valence-electron chi connectivity index (χ0n) is 15.2. The van der Waals surface area contributed by atoms with Crippen molar-refractivity contribution in [3.05, 3.63) is 29.8 Å². The van der Waals surface area contributed by atoms with Crippen LogP contribution in [0.3, 0.4) is 0 Å². The van der Waals surface area contributed by atoms with Crippen molar-refractivity contribution in [1.82, 2.24) is 9.80 Å². The standard InChI is InChI=1S/C19H29N3O3/c1-3-15-7-4-9-17(13-15)25-12-6-10-21(2)18(23)16-8-5-11-22(14-16)19(20)24/h4,7,9,13,16H,3,5-6,8,10-12,14H2,1-2H3,(H2,20,24)/t16-/m1/s1. The first kappa shape index (κ1) is 19.1. The smallest absolute Gasteiger partial charge is 0.314 e. The molecule has 1 aromatic carbocycles. The average molecular weight is 347 g/mol. The summed E-state index contributed by atoms with van der Waals surface area (Å²) >= 11 is 0. The van der Waals surface area contributed by atoms with Gasteiger partial charge in [-0.2, -0.15) is 0 Å². The summed E-state index contributed by atoms with van der Waals surface area (Å²) in [6.45, 7) is 4.40. The normalized spacial score (nSPS) is 17.2. The second kappa shape index (κ2) is 9.30. The Bertz CT molecular complexity index is 591. The van der Waals surface area contributed by atoms with E-state index in [-0.39, 0.29) is 11.8 Å². The van der Waals surface area contributed by atoms with Gasteiger partial charge < -0.3 is 20.3 Å². The lowest BCUT2D eigenvalue weighted by atomic mass is 9.97. The number of amides is 3. The van der Waals surface area contributed by atoms with E-state index < -0.39 is 6.03 Å². The highest BCUT2D eigenvalue weighted by molar-refractivity contribution is 5.80. The zero-order valence-corrected chi connectivity index (χ0v) is 15.2. The number of nitrogens with zero attached hydrogens (tertiary/aromatic N) is 2. The molecular weight excluding hydrogens is 318 g/mol. The minimum Gasteiger partial charge on any atom is -0.494 e. The van der Waals surface area contributed by atoms with Crippen LogP contribution >= 0.6 is 0 Å². The van der Waals surface area contributed by atoms with Crippen LogP contribution in [0.5, 0.6) is 5.75 Å². The van der Waals surface area contributed by atoms with E-state index in [9.17, 15) is 9.59 Å². The molecule has 1 aromatic rings. The van der Waals surface area contributed by atoms with Crippen molar-refractivity contribution in [2.45, 2.75) is 32.6 Å². The Kier molecular flexibility index (Phi) is 7.10. The van der Waals surface area contributed by atoms with Crippen molar-refractivity contribution >= 4 is 11.9 Å². The molecule has 3 amide bonds. The number of aryl methyl sites for hydroxylation is 1. The number of primary amides is 1. The van der Waals surface area contributed by atoms with Crippen molar-refractivity contribution in [3.63, 3.8) is 0 Å². The summed E-state index contributed by atoms with van der Waals surface area (Å²) in [6.07, 6.45) is 3.39. The molecule has 0 radical (unpaired) electrons. The van der Waals surface area contributed by atoms with Crippen LogP contribution < -0.4 is 10.5 Å². The summed E-state index contributed by atoms with van der Waals surface area (Å²) in [4.78, 5) is 27.1. The first-order valence-corrected chi connectivity index (χ1v) is 9.02. The van der Waals surface area contributed by atoms with E-state index in [1.165, 1.54) is 5.56 Å². The molecule has 6 nitrogen and oxygen atoms in total. The molecule has 1 saturated heterocycles. The SMILES string of the molecule is CCc1cccc(OCCCN(C)C(=O)[C@@H]2CCCN(C(N)=O)C2)c1. The highest BCUT2D eigenvalue weighted by atomic mass is 16.5. The predicted octanol–water partition coefficient (Wildman–Crippen LogP) is 2.27. The monoisotopic (exact) mass is 347 g/mol. The molecule has 0 aliphatic carbocycles. The molecule has 138 valence electrons. The summed E-state index contributed by atoms with van der Waals surface area (Å²) < 4.78 is 5.77. The van der Waals surface area contributed by atoms with Crippen molar-refractivity contribution in [1.29, 1.82) is 0 Å². The highest BCUT2D eigenvalue weighted by Gasteiger charge is 2.29. The number of benzene rings is 1. The van der Waals surface area contributed by atoms with Gasteiger partial charge in [0.05, 0.1) is 12.5 Å². The molecular formula is C19H29N3O3. The summed E-state index contributed by atoms with van der Waals surface area (Å²) in [6, 6.07) is 7.64. The number of piperidine rings is 1. The van der Waals surface area contributed by atoms with E-state index in [1.54, 1.807) is 9.80 Å². The quantitative estimate of drug-likeness (QED) is 0.769. The van der Waals surface area contributed by atoms with E-state index in [0.29, 0.717) is 26.2 Å². The molecule has 0 spiro atoms. The highest BCUT2D eigenvalue weighted by Crippen LogP contribution is 2.18. The Morgan fingerprint density at radius 3 is 2.92 bits per heavy atom. The Balaban J connectivity index is 1.73. The van der Waals surface area contributed by atoms with Gasteiger partial charge in [-0.05, 0) is 43.4 Å². The lowest BCUT2D eigenvalue weighted by molar-refractivity contribution is -0.135. The summed E-state index contributed by atoms with van der Waals surface area (Å²) in [5.41, 5.74) is 6.58. The number of nitrogens with two attached hydrogens (primary N) is 1. The van der Waals surface area contributed by atoms with Gasteiger partial charge in [0.25, 0.3) is 0 Å². The van der Waals surface area contributed by atoms with E-state index in [4.69, 9.17) is 10.5 Å². The Hall–Kier alpha value is -2.24. The topological polar surface area (TPSA) is 75.9 Å². The third-order valence-electron chi connectivity index (χ3n) is 4.67. The van der Waals surface area contributed by atoms with Gasteiger partial charge in [-0.3, -0.25) is 4.79 Å². The molecule has 6 heteroatoms. The molecule has 0 bridgehead atoms. The Morgan fingerprint density at radius 2 is 2.20 bits per heavy atom. The van der Waals surface area contributed by atoms with Gasteiger partial charge in [0, 0.05) is 26.7 Å². The number of carbonyl (C=O) groups excluding carboxylic acids is 2. The molecule has 25 heavy (non-hydrogen) atoms. The third-order valence-corrected chi connectivity index (χ3v) is 4.67. The van der Waals surface area contributed by atoms with Crippen LogP contribution in [0.25, 0.3) is 0 Å². The number of urea groups is 1. The Morgan fingerprint density at radius 1 is 1.40 bits per heavy atom. The van der Waals surface area contributed by atoms with Crippen molar-refractivity contribution in [2.75, 3.05) is 33.3 Å². The second-order valence-corrected chi connectivity index (χ2v) is 6.59. The molecule has 1 aliphatic rings. The lowest BCUT2D eigenvalue weighted by Crippen LogP contribution is -2.47. The predicted molar refractivity (Wildman–Crippen MR) is 97.4 cm³/mol. The lowest BCUT2D eigenvalue weighted by Gasteiger charge is -2.33. The maximum Gasteiger partial charge on any atom is 0.314 e. The van der Waals surface area contributed by atoms with Gasteiger partial charge in [0.1, 0.15) is 5.75 Å². The van der Waals surface area contributed by atoms with Gasteiger partial charge in [-0.25, -0.2) is 4.79 Å². The van der Waals surface area contributed by atoms with Crippen molar-refractivity contribution in [2.24, 2.45) is 11.7 Å². The van der Waals surface area contributed by atoms with E-state index >= 15 is 0 Å². The fourth-order valence-electron chi connectivity index (χ4n) is 3.15. The average Bonchev–Trinajstić information content (AvgIpc) is 2.64. The molecule has 0 unspecified atom stereocenters. The number of hydrogen-bond donors (Lipinski definition) is 1. The maximum atomic E-state index is 12.5. The molecule has 1 fully saturated rings. The van der Waals surface area contributed by atoms with Gasteiger partial charge in [0.2, 0.25) is 5.91 Å². The Labute approximate surface area is 149 Å². The fraction of sp³-hybridized carbons (Fsp3) is 0.579. The minimum atomic E-state index is -0.442. The minimum absolute atomic E-state index is 0.0823. The number of hydrogen-bond acceptors (Lipinski definition) is 3. The molecule has 1 atom stereocenters. The summed E-state index contributed by atoms with van der Waals surface area (Å²) in [7, 11) is 1.81. The van der Waals surface area contributed by atoms with Crippen LogP contribution in [0.4, 0.5) is 4.79 Å². The third kappa shape index (κ3) is 5.66. The van der Waals surface area contributed by atoms with Crippen LogP contribution in [-0.4, -0.2) is 55.0 Å². The molecule has 1 aliphatic heterocycles. The van der Waals surface area contributed by atoms with Gasteiger partial charge in [-0.1, -0.05) is 19.1 Å². The van der Waals surface area contributed by atoms with Crippen LogP contribution in [0.2, 0.25) is 0 Å². The van der Waals surface area contributed by atoms with Gasteiger partial charge in [0.15, 0.2) is 0 Å². The van der Waals surface area contributed by atoms with Crippen LogP contribution in [-0.2, 0) is 11.2 Å². The molecule has 1 heterocycles. The molecule has 0 aromatic heterocycles. The van der Waals surface area contributed by atoms with Gasteiger partial charge in [-0.15, -0.1) is 0 Å². The van der Waals surface area contributed by atoms with Crippen LogP contribution in [0.1, 0.15) is 31.7 Å².